The molecule has 5 nitrogen and oxygen atoms in total. The van der Waals surface area contributed by atoms with E-state index < -0.39 is 0 Å². The SMILES string of the molecule is CC(C)N(C)C(=O)c1ccc(OC2CCN(C(=O)C3CC3)CC2)cc1. The zero-order chi connectivity index (χ0) is 18.0. The molecule has 1 saturated carbocycles. The lowest BCUT2D eigenvalue weighted by molar-refractivity contribution is -0.134. The Kier molecular flexibility index (Phi) is 5.30. The molecule has 0 radical (unpaired) electrons. The first kappa shape index (κ1) is 17.8. The van der Waals surface area contributed by atoms with E-state index >= 15 is 0 Å². The van der Waals surface area contributed by atoms with Gasteiger partial charge in [0.15, 0.2) is 0 Å². The number of carbonyl (C=O) groups is 2. The number of nitrogens with zero attached hydrogens (tertiary/aromatic N) is 2. The maximum absolute atomic E-state index is 12.3. The number of carbonyl (C=O) groups excluding carboxylic acids is 2. The van der Waals surface area contributed by atoms with E-state index in [1.807, 2.05) is 50.1 Å². The third-order valence-corrected chi connectivity index (χ3v) is 5.18. The Balaban J connectivity index is 1.50. The Morgan fingerprint density at radius 2 is 1.68 bits per heavy atom. The summed E-state index contributed by atoms with van der Waals surface area (Å²) in [6, 6.07) is 7.54. The van der Waals surface area contributed by atoms with Crippen LogP contribution in [0.2, 0.25) is 0 Å². The van der Waals surface area contributed by atoms with Gasteiger partial charge in [0.05, 0.1) is 0 Å². The number of likely N-dealkylation sites (tertiary alicyclic amines) is 1. The Morgan fingerprint density at radius 1 is 1.08 bits per heavy atom. The molecule has 1 heterocycles. The van der Waals surface area contributed by atoms with Crippen molar-refractivity contribution in [1.82, 2.24) is 9.80 Å². The average molecular weight is 344 g/mol. The molecular formula is C20H28N2O3. The molecule has 0 bridgehead atoms. The quantitative estimate of drug-likeness (QED) is 0.825. The summed E-state index contributed by atoms with van der Waals surface area (Å²) >= 11 is 0. The molecule has 1 aromatic rings. The van der Waals surface area contributed by atoms with Crippen molar-refractivity contribution in [2.24, 2.45) is 5.92 Å². The van der Waals surface area contributed by atoms with Gasteiger partial charge in [-0.2, -0.15) is 0 Å². The predicted molar refractivity (Wildman–Crippen MR) is 96.6 cm³/mol. The molecule has 3 rings (SSSR count). The summed E-state index contributed by atoms with van der Waals surface area (Å²) in [6.45, 7) is 5.57. The van der Waals surface area contributed by atoms with Crippen LogP contribution in [0.25, 0.3) is 0 Å². The smallest absolute Gasteiger partial charge is 0.253 e. The van der Waals surface area contributed by atoms with E-state index in [1.165, 1.54) is 0 Å². The van der Waals surface area contributed by atoms with Crippen LogP contribution >= 0.6 is 0 Å². The van der Waals surface area contributed by atoms with E-state index in [4.69, 9.17) is 4.74 Å². The summed E-state index contributed by atoms with van der Waals surface area (Å²) < 4.78 is 6.04. The number of hydrogen-bond acceptors (Lipinski definition) is 3. The van der Waals surface area contributed by atoms with Gasteiger partial charge in [-0.1, -0.05) is 0 Å². The highest BCUT2D eigenvalue weighted by atomic mass is 16.5. The number of ether oxygens (including phenoxy) is 1. The van der Waals surface area contributed by atoms with Crippen molar-refractivity contribution >= 4 is 11.8 Å². The van der Waals surface area contributed by atoms with Crippen LogP contribution in [0.1, 0.15) is 49.9 Å². The van der Waals surface area contributed by atoms with Crippen molar-refractivity contribution in [3.63, 3.8) is 0 Å². The van der Waals surface area contributed by atoms with Gasteiger partial charge >= 0.3 is 0 Å². The number of piperidine rings is 1. The van der Waals surface area contributed by atoms with Crippen molar-refractivity contribution in [1.29, 1.82) is 0 Å². The van der Waals surface area contributed by atoms with Crippen LogP contribution in [0.3, 0.4) is 0 Å². The van der Waals surface area contributed by atoms with Crippen LogP contribution in [0, 0.1) is 5.92 Å². The van der Waals surface area contributed by atoms with Gasteiger partial charge in [0.1, 0.15) is 11.9 Å². The van der Waals surface area contributed by atoms with Crippen LogP contribution in [-0.4, -0.2) is 53.9 Å². The van der Waals surface area contributed by atoms with Crippen molar-refractivity contribution in [3.05, 3.63) is 29.8 Å². The molecular weight excluding hydrogens is 316 g/mol. The van der Waals surface area contributed by atoms with E-state index in [1.54, 1.807) is 4.90 Å². The molecule has 5 heteroatoms. The summed E-state index contributed by atoms with van der Waals surface area (Å²) in [6.07, 6.45) is 4.01. The lowest BCUT2D eigenvalue weighted by Crippen LogP contribution is -2.42. The molecule has 25 heavy (non-hydrogen) atoms. The first-order chi connectivity index (χ1) is 12.0. The predicted octanol–water partition coefficient (Wildman–Crippen LogP) is 2.95. The molecule has 0 unspecified atom stereocenters. The lowest BCUT2D eigenvalue weighted by atomic mass is 10.1. The molecule has 0 atom stereocenters. The minimum Gasteiger partial charge on any atom is -0.490 e. The van der Waals surface area contributed by atoms with Gasteiger partial charge in [-0.3, -0.25) is 9.59 Å². The Hall–Kier alpha value is -2.04. The topological polar surface area (TPSA) is 49.9 Å². The van der Waals surface area contributed by atoms with E-state index in [9.17, 15) is 9.59 Å². The first-order valence-electron chi connectivity index (χ1n) is 9.28. The molecule has 0 aromatic heterocycles. The van der Waals surface area contributed by atoms with Gasteiger partial charge < -0.3 is 14.5 Å². The molecule has 1 aliphatic heterocycles. The molecule has 0 spiro atoms. The molecule has 1 saturated heterocycles. The van der Waals surface area contributed by atoms with Gasteiger partial charge in [-0.05, 0) is 51.0 Å². The van der Waals surface area contributed by atoms with Crippen LogP contribution in [0.15, 0.2) is 24.3 Å². The van der Waals surface area contributed by atoms with Gasteiger partial charge in [-0.25, -0.2) is 0 Å². The highest BCUT2D eigenvalue weighted by Gasteiger charge is 2.35. The maximum atomic E-state index is 12.3. The minimum atomic E-state index is 0.0217. The Morgan fingerprint density at radius 3 is 2.20 bits per heavy atom. The minimum absolute atomic E-state index is 0.0217. The normalized spacial score (nSPS) is 18.3. The van der Waals surface area contributed by atoms with Gasteiger partial charge in [-0.15, -0.1) is 0 Å². The van der Waals surface area contributed by atoms with Crippen molar-refractivity contribution in [2.75, 3.05) is 20.1 Å². The van der Waals surface area contributed by atoms with E-state index in [0.717, 1.165) is 44.5 Å². The summed E-state index contributed by atoms with van der Waals surface area (Å²) in [7, 11) is 1.81. The fourth-order valence-electron chi connectivity index (χ4n) is 3.09. The second-order valence-corrected chi connectivity index (χ2v) is 7.45. The van der Waals surface area contributed by atoms with Crippen LogP contribution in [-0.2, 0) is 4.79 Å². The number of benzene rings is 1. The monoisotopic (exact) mass is 344 g/mol. The largest absolute Gasteiger partial charge is 0.490 e. The first-order valence-corrected chi connectivity index (χ1v) is 9.28. The molecule has 136 valence electrons. The van der Waals surface area contributed by atoms with Gasteiger partial charge in [0.2, 0.25) is 5.91 Å². The van der Waals surface area contributed by atoms with Gasteiger partial charge in [0, 0.05) is 50.5 Å². The molecule has 1 aromatic carbocycles. The van der Waals surface area contributed by atoms with E-state index in [2.05, 4.69) is 0 Å². The van der Waals surface area contributed by atoms with Crippen LogP contribution in [0.5, 0.6) is 5.75 Å². The summed E-state index contributed by atoms with van der Waals surface area (Å²) in [5.74, 6) is 1.44. The highest BCUT2D eigenvalue weighted by molar-refractivity contribution is 5.94. The van der Waals surface area contributed by atoms with Crippen molar-refractivity contribution < 1.29 is 14.3 Å². The second-order valence-electron chi connectivity index (χ2n) is 7.45. The molecule has 0 N–H and O–H groups in total. The second kappa shape index (κ2) is 7.46. The van der Waals surface area contributed by atoms with Gasteiger partial charge in [0.25, 0.3) is 5.91 Å². The fraction of sp³-hybridized carbons (Fsp3) is 0.600. The summed E-state index contributed by atoms with van der Waals surface area (Å²) in [4.78, 5) is 28.1. The van der Waals surface area contributed by atoms with E-state index in [0.29, 0.717) is 17.4 Å². The van der Waals surface area contributed by atoms with Crippen molar-refractivity contribution in [3.8, 4) is 5.75 Å². The Bertz CT molecular complexity index is 614. The zero-order valence-electron chi connectivity index (χ0n) is 15.4. The third kappa shape index (κ3) is 4.33. The summed E-state index contributed by atoms with van der Waals surface area (Å²) in [5.41, 5.74) is 0.674. The fourth-order valence-corrected chi connectivity index (χ4v) is 3.09. The number of rotatable bonds is 5. The number of amides is 2. The highest BCUT2D eigenvalue weighted by Crippen LogP contribution is 2.32. The molecule has 2 aliphatic rings. The average Bonchev–Trinajstić information content (AvgIpc) is 3.46. The van der Waals surface area contributed by atoms with Crippen LogP contribution < -0.4 is 4.74 Å². The Labute approximate surface area is 149 Å². The lowest BCUT2D eigenvalue weighted by Gasteiger charge is -2.32. The molecule has 1 aliphatic carbocycles. The third-order valence-electron chi connectivity index (χ3n) is 5.18. The summed E-state index contributed by atoms with van der Waals surface area (Å²) in [5, 5.41) is 0. The number of hydrogen-bond donors (Lipinski definition) is 0. The maximum Gasteiger partial charge on any atom is 0.253 e. The van der Waals surface area contributed by atoms with E-state index in [-0.39, 0.29) is 18.1 Å². The zero-order valence-corrected chi connectivity index (χ0v) is 15.4. The molecule has 2 amide bonds. The van der Waals surface area contributed by atoms with Crippen LogP contribution in [0.4, 0.5) is 0 Å². The van der Waals surface area contributed by atoms with Crippen molar-refractivity contribution in [2.45, 2.75) is 51.7 Å². The molecule has 2 fully saturated rings. The standard InChI is InChI=1S/C20H28N2O3/c1-14(2)21(3)19(23)15-6-8-17(9-7-15)25-18-10-12-22(13-11-18)20(24)16-4-5-16/h6-9,14,16,18H,4-5,10-13H2,1-3H3.